The van der Waals surface area contributed by atoms with E-state index in [9.17, 15) is 36.4 Å². The SMILES string of the molecule is CCC(C)(C)OC(=O)C1CC(OC(=O)CCC(=O)OC(C)C(F)(F)S(=O)(=O)O)C(=O)O1. The predicted octanol–water partition coefficient (Wildman–Crippen LogP) is 1.14. The van der Waals surface area contributed by atoms with E-state index >= 15 is 0 Å². The van der Waals surface area contributed by atoms with Crippen LogP contribution in [0.1, 0.15) is 53.4 Å². The summed E-state index contributed by atoms with van der Waals surface area (Å²) in [4.78, 5) is 47.2. The lowest BCUT2D eigenvalue weighted by molar-refractivity contribution is -0.173. The van der Waals surface area contributed by atoms with E-state index in [1.165, 1.54) is 0 Å². The van der Waals surface area contributed by atoms with Gasteiger partial charge in [-0.15, -0.1) is 0 Å². The van der Waals surface area contributed by atoms with Gasteiger partial charge in [-0.1, -0.05) is 6.92 Å². The molecule has 0 aromatic rings. The Bertz CT molecular complexity index is 822. The molecule has 0 bridgehead atoms. The van der Waals surface area contributed by atoms with E-state index in [0.29, 0.717) is 13.3 Å². The third kappa shape index (κ3) is 7.38. The number of ether oxygens (including phenoxy) is 4. The van der Waals surface area contributed by atoms with Gasteiger partial charge in [-0.2, -0.15) is 17.2 Å². The van der Waals surface area contributed by atoms with Crippen molar-refractivity contribution in [3.63, 3.8) is 0 Å². The van der Waals surface area contributed by atoms with Gasteiger partial charge in [-0.25, -0.2) is 9.59 Å². The van der Waals surface area contributed by atoms with Crippen LogP contribution in [0.3, 0.4) is 0 Å². The Morgan fingerprint density at radius 1 is 1.23 bits per heavy atom. The quantitative estimate of drug-likeness (QED) is 0.275. The van der Waals surface area contributed by atoms with E-state index in [2.05, 4.69) is 4.74 Å². The van der Waals surface area contributed by atoms with Gasteiger partial charge in [-0.3, -0.25) is 14.1 Å². The number of rotatable bonds is 10. The molecule has 0 aliphatic carbocycles. The van der Waals surface area contributed by atoms with Gasteiger partial charge in [0.15, 0.2) is 6.10 Å². The second kappa shape index (κ2) is 9.85. The summed E-state index contributed by atoms with van der Waals surface area (Å²) < 4.78 is 75.4. The Morgan fingerprint density at radius 2 is 1.77 bits per heavy atom. The van der Waals surface area contributed by atoms with Crippen molar-refractivity contribution in [2.24, 2.45) is 0 Å². The first kappa shape index (κ1) is 26.7. The average Bonchev–Trinajstić information content (AvgIpc) is 2.99. The molecule has 3 atom stereocenters. The molecule has 1 rings (SSSR count). The Hall–Kier alpha value is -2.35. The van der Waals surface area contributed by atoms with Crippen LogP contribution in [0.15, 0.2) is 0 Å². The molecule has 0 spiro atoms. The molecule has 31 heavy (non-hydrogen) atoms. The number of halogens is 2. The minimum absolute atomic E-state index is 0.300. The van der Waals surface area contributed by atoms with Crippen molar-refractivity contribution < 1.29 is 59.9 Å². The van der Waals surface area contributed by atoms with Gasteiger partial charge in [-0.05, 0) is 27.2 Å². The molecule has 11 nitrogen and oxygen atoms in total. The fourth-order valence-electron chi connectivity index (χ4n) is 2.16. The number of hydrogen-bond donors (Lipinski definition) is 1. The van der Waals surface area contributed by atoms with Gasteiger partial charge in [0.2, 0.25) is 12.2 Å². The number of carbonyl (C=O) groups is 4. The van der Waals surface area contributed by atoms with Crippen molar-refractivity contribution in [1.82, 2.24) is 0 Å². The maximum atomic E-state index is 13.3. The first-order chi connectivity index (χ1) is 14.0. The van der Waals surface area contributed by atoms with E-state index < -0.39 is 76.0 Å². The smallest absolute Gasteiger partial charge is 0.405 e. The van der Waals surface area contributed by atoms with Crippen molar-refractivity contribution in [3.8, 4) is 0 Å². The first-order valence-electron chi connectivity index (χ1n) is 9.17. The largest absolute Gasteiger partial charge is 0.457 e. The first-order valence-corrected chi connectivity index (χ1v) is 10.6. The van der Waals surface area contributed by atoms with Crippen LogP contribution >= 0.6 is 0 Å². The molecule has 0 aromatic heterocycles. The van der Waals surface area contributed by atoms with Crippen molar-refractivity contribution in [1.29, 1.82) is 0 Å². The summed E-state index contributed by atoms with van der Waals surface area (Å²) in [5, 5.41) is -4.74. The molecule has 1 saturated heterocycles. The van der Waals surface area contributed by atoms with Crippen LogP contribution in [0.25, 0.3) is 0 Å². The Labute approximate surface area is 177 Å². The maximum Gasteiger partial charge on any atom is 0.405 e. The summed E-state index contributed by atoms with van der Waals surface area (Å²) in [6, 6.07) is 0. The molecule has 0 radical (unpaired) electrons. The Balaban J connectivity index is 2.52. The van der Waals surface area contributed by atoms with Crippen LogP contribution in [0.2, 0.25) is 0 Å². The molecule has 1 N–H and O–H groups in total. The topological polar surface area (TPSA) is 160 Å². The zero-order valence-corrected chi connectivity index (χ0v) is 18.1. The van der Waals surface area contributed by atoms with Gasteiger partial charge in [0.05, 0.1) is 12.8 Å². The lowest BCUT2D eigenvalue weighted by Crippen LogP contribution is -2.42. The third-order valence-corrected chi connectivity index (χ3v) is 5.39. The van der Waals surface area contributed by atoms with Crippen LogP contribution in [-0.2, 0) is 48.2 Å². The number of cyclic esters (lactones) is 1. The molecule has 0 saturated carbocycles. The second-order valence-corrected chi connectivity index (χ2v) is 8.84. The fourth-order valence-corrected chi connectivity index (χ4v) is 2.63. The zero-order chi connectivity index (χ0) is 24.2. The summed E-state index contributed by atoms with van der Waals surface area (Å²) in [5.74, 6) is -4.26. The van der Waals surface area contributed by atoms with E-state index in [1.54, 1.807) is 20.8 Å². The molecule has 14 heteroatoms. The fraction of sp³-hybridized carbons (Fsp3) is 0.765. The maximum absolute atomic E-state index is 13.3. The van der Waals surface area contributed by atoms with Gasteiger partial charge in [0.1, 0.15) is 5.60 Å². The minimum Gasteiger partial charge on any atom is -0.457 e. The van der Waals surface area contributed by atoms with E-state index in [-0.39, 0.29) is 6.42 Å². The molecular formula is C17H24F2O11S. The summed E-state index contributed by atoms with van der Waals surface area (Å²) in [6.07, 6.45) is -6.48. The van der Waals surface area contributed by atoms with E-state index in [1.807, 2.05) is 0 Å². The summed E-state index contributed by atoms with van der Waals surface area (Å²) in [5.41, 5.74) is -0.790. The van der Waals surface area contributed by atoms with E-state index in [0.717, 1.165) is 0 Å². The third-order valence-electron chi connectivity index (χ3n) is 4.37. The van der Waals surface area contributed by atoms with Crippen molar-refractivity contribution in [2.45, 2.75) is 82.5 Å². The highest BCUT2D eigenvalue weighted by Crippen LogP contribution is 2.27. The van der Waals surface area contributed by atoms with Crippen LogP contribution in [0.4, 0.5) is 8.78 Å². The Morgan fingerprint density at radius 3 is 2.29 bits per heavy atom. The van der Waals surface area contributed by atoms with Crippen molar-refractivity contribution in [2.75, 3.05) is 0 Å². The molecular weight excluding hydrogens is 450 g/mol. The zero-order valence-electron chi connectivity index (χ0n) is 17.3. The predicted molar refractivity (Wildman–Crippen MR) is 96.1 cm³/mol. The lowest BCUT2D eigenvalue weighted by Gasteiger charge is -2.24. The van der Waals surface area contributed by atoms with Crippen molar-refractivity contribution in [3.05, 3.63) is 0 Å². The van der Waals surface area contributed by atoms with Crippen LogP contribution in [0.5, 0.6) is 0 Å². The van der Waals surface area contributed by atoms with Crippen molar-refractivity contribution >= 4 is 34.0 Å². The molecule has 1 fully saturated rings. The number of esters is 4. The highest BCUT2D eigenvalue weighted by molar-refractivity contribution is 7.86. The normalized spacial score (nSPS) is 20.5. The molecule has 0 aromatic carbocycles. The van der Waals surface area contributed by atoms with Gasteiger partial charge in [0.25, 0.3) is 0 Å². The monoisotopic (exact) mass is 474 g/mol. The molecule has 3 unspecified atom stereocenters. The van der Waals surface area contributed by atoms with Gasteiger partial charge >= 0.3 is 39.2 Å². The molecule has 1 aliphatic rings. The molecule has 0 amide bonds. The lowest BCUT2D eigenvalue weighted by atomic mass is 10.1. The van der Waals surface area contributed by atoms with Gasteiger partial charge in [0, 0.05) is 6.42 Å². The highest BCUT2D eigenvalue weighted by Gasteiger charge is 2.52. The van der Waals surface area contributed by atoms with Crippen LogP contribution < -0.4 is 0 Å². The number of alkyl halides is 2. The molecule has 1 aliphatic heterocycles. The number of hydrogen-bond acceptors (Lipinski definition) is 10. The average molecular weight is 474 g/mol. The standard InChI is InChI=1S/C17H24F2O11S/c1-5-16(3,4)30-15(23)11-8-10(14(22)29-11)28-13(21)7-6-12(20)27-9(2)17(18,19)31(24,25)26/h9-11H,5-8H2,1-4H3,(H,24,25,26). The second-order valence-electron chi connectivity index (χ2n) is 7.34. The van der Waals surface area contributed by atoms with Crippen LogP contribution in [-0.4, -0.2) is 66.0 Å². The Kier molecular flexibility index (Phi) is 8.48. The van der Waals surface area contributed by atoms with Gasteiger partial charge < -0.3 is 18.9 Å². The summed E-state index contributed by atoms with van der Waals surface area (Å²) in [7, 11) is -5.82. The minimum atomic E-state index is -5.82. The molecule has 178 valence electrons. The number of carbonyl (C=O) groups excluding carboxylic acids is 4. The highest BCUT2D eigenvalue weighted by atomic mass is 32.2. The van der Waals surface area contributed by atoms with Crippen LogP contribution in [0, 0.1) is 0 Å². The summed E-state index contributed by atoms with van der Waals surface area (Å²) >= 11 is 0. The molecule has 1 heterocycles. The summed E-state index contributed by atoms with van der Waals surface area (Å²) in [6.45, 7) is 5.64. The van der Waals surface area contributed by atoms with E-state index in [4.69, 9.17) is 18.8 Å².